The van der Waals surface area contributed by atoms with Crippen LogP contribution in [-0.2, 0) is 6.54 Å². The number of piperidine rings is 1. The van der Waals surface area contributed by atoms with Gasteiger partial charge in [-0.15, -0.1) is 0 Å². The molecule has 3 heterocycles. The lowest BCUT2D eigenvalue weighted by Gasteiger charge is -2.33. The summed E-state index contributed by atoms with van der Waals surface area (Å²) < 4.78 is 5.60. The number of aromatic nitrogens is 3. The Morgan fingerprint density at radius 1 is 1.08 bits per heavy atom. The van der Waals surface area contributed by atoms with Gasteiger partial charge in [0.25, 0.3) is 0 Å². The second-order valence-corrected chi connectivity index (χ2v) is 6.17. The van der Waals surface area contributed by atoms with E-state index < -0.39 is 0 Å². The van der Waals surface area contributed by atoms with Crippen molar-refractivity contribution in [3.05, 3.63) is 66.3 Å². The van der Waals surface area contributed by atoms with Gasteiger partial charge in [-0.3, -0.25) is 9.88 Å². The third-order valence-corrected chi connectivity index (χ3v) is 4.49. The smallest absolute Gasteiger partial charge is 0.244 e. The van der Waals surface area contributed by atoms with E-state index in [0.717, 1.165) is 25.1 Å². The molecule has 122 valence electrons. The quantitative estimate of drug-likeness (QED) is 0.730. The maximum absolute atomic E-state index is 5.60. The lowest BCUT2D eigenvalue weighted by atomic mass is 10.0. The van der Waals surface area contributed by atoms with Crippen LogP contribution in [-0.4, -0.2) is 26.6 Å². The van der Waals surface area contributed by atoms with Crippen molar-refractivity contribution in [2.45, 2.75) is 31.8 Å². The summed E-state index contributed by atoms with van der Waals surface area (Å²) in [7, 11) is 0. The van der Waals surface area contributed by atoms with E-state index in [1.807, 2.05) is 12.1 Å². The van der Waals surface area contributed by atoms with Gasteiger partial charge in [0.15, 0.2) is 0 Å². The van der Waals surface area contributed by atoms with Crippen molar-refractivity contribution in [2.75, 3.05) is 6.54 Å². The molecule has 0 bridgehead atoms. The maximum atomic E-state index is 5.60. The van der Waals surface area contributed by atoms with Crippen molar-refractivity contribution in [3.8, 4) is 11.4 Å². The summed E-state index contributed by atoms with van der Waals surface area (Å²) >= 11 is 0. The Bertz CT molecular complexity index is 772. The van der Waals surface area contributed by atoms with Crippen molar-refractivity contribution < 1.29 is 4.52 Å². The zero-order valence-corrected chi connectivity index (χ0v) is 13.5. The van der Waals surface area contributed by atoms with E-state index in [-0.39, 0.29) is 6.04 Å². The molecule has 1 aliphatic rings. The molecule has 2 aromatic heterocycles. The van der Waals surface area contributed by atoms with Gasteiger partial charge >= 0.3 is 0 Å². The topological polar surface area (TPSA) is 55.1 Å². The Labute approximate surface area is 141 Å². The fraction of sp³-hybridized carbons (Fsp3) is 0.316. The first-order valence-corrected chi connectivity index (χ1v) is 8.42. The van der Waals surface area contributed by atoms with E-state index >= 15 is 0 Å². The molecule has 1 aromatic carbocycles. The molecule has 24 heavy (non-hydrogen) atoms. The van der Waals surface area contributed by atoms with Crippen molar-refractivity contribution in [1.29, 1.82) is 0 Å². The Morgan fingerprint density at radius 3 is 2.83 bits per heavy atom. The molecule has 5 heteroatoms. The molecule has 0 N–H and O–H groups in total. The lowest BCUT2D eigenvalue weighted by Crippen LogP contribution is -2.33. The molecule has 3 aromatic rings. The van der Waals surface area contributed by atoms with Gasteiger partial charge in [0.2, 0.25) is 11.7 Å². The molecule has 1 unspecified atom stereocenters. The maximum Gasteiger partial charge on any atom is 0.244 e. The predicted octanol–water partition coefficient (Wildman–Crippen LogP) is 3.86. The highest BCUT2D eigenvalue weighted by Gasteiger charge is 2.28. The monoisotopic (exact) mass is 320 g/mol. The van der Waals surface area contributed by atoms with Crippen molar-refractivity contribution >= 4 is 0 Å². The van der Waals surface area contributed by atoms with Gasteiger partial charge in [0.05, 0.1) is 6.04 Å². The molecular weight excluding hydrogens is 300 g/mol. The van der Waals surface area contributed by atoms with Crippen molar-refractivity contribution in [3.63, 3.8) is 0 Å². The SMILES string of the molecule is c1ccc(CN2CCCCC2c2nc(-c3cccnc3)no2)cc1. The molecule has 5 nitrogen and oxygen atoms in total. The first-order valence-electron chi connectivity index (χ1n) is 8.42. The number of nitrogens with zero attached hydrogens (tertiary/aromatic N) is 4. The molecule has 1 atom stereocenters. The second-order valence-electron chi connectivity index (χ2n) is 6.17. The molecule has 4 rings (SSSR count). The van der Waals surface area contributed by atoms with E-state index in [1.165, 1.54) is 18.4 Å². The molecule has 1 saturated heterocycles. The van der Waals surface area contributed by atoms with Crippen LogP contribution in [0.1, 0.15) is 36.8 Å². The largest absolute Gasteiger partial charge is 0.337 e. The lowest BCUT2D eigenvalue weighted by molar-refractivity contribution is 0.111. The van der Waals surface area contributed by atoms with Gasteiger partial charge in [-0.1, -0.05) is 41.9 Å². The fourth-order valence-corrected chi connectivity index (χ4v) is 3.26. The predicted molar refractivity (Wildman–Crippen MR) is 91.0 cm³/mol. The highest BCUT2D eigenvalue weighted by molar-refractivity contribution is 5.51. The highest BCUT2D eigenvalue weighted by atomic mass is 16.5. The third kappa shape index (κ3) is 3.21. The number of likely N-dealkylation sites (tertiary alicyclic amines) is 1. The zero-order valence-electron chi connectivity index (χ0n) is 13.5. The van der Waals surface area contributed by atoms with Crippen LogP contribution in [0.15, 0.2) is 59.4 Å². The minimum Gasteiger partial charge on any atom is -0.337 e. The van der Waals surface area contributed by atoms with Crippen LogP contribution in [0.4, 0.5) is 0 Å². The minimum atomic E-state index is 0.192. The van der Waals surface area contributed by atoms with Gasteiger partial charge in [-0.05, 0) is 37.1 Å². The molecule has 1 fully saturated rings. The fourth-order valence-electron chi connectivity index (χ4n) is 3.26. The van der Waals surface area contributed by atoms with Crippen LogP contribution in [0.25, 0.3) is 11.4 Å². The molecule has 0 radical (unpaired) electrons. The standard InChI is InChI=1S/C19H20N4O/c1-2-7-15(8-3-1)14-23-12-5-4-10-17(23)19-21-18(22-24-19)16-9-6-11-20-13-16/h1-3,6-9,11,13,17H,4-5,10,12,14H2. The Morgan fingerprint density at radius 2 is 2.00 bits per heavy atom. The van der Waals surface area contributed by atoms with Crippen LogP contribution in [0.2, 0.25) is 0 Å². The van der Waals surface area contributed by atoms with Gasteiger partial charge in [-0.2, -0.15) is 4.98 Å². The van der Waals surface area contributed by atoms with E-state index in [1.54, 1.807) is 12.4 Å². The molecular formula is C19H20N4O. The van der Waals surface area contributed by atoms with Gasteiger partial charge in [0, 0.05) is 24.5 Å². The Hall–Kier alpha value is -2.53. The summed E-state index contributed by atoms with van der Waals surface area (Å²) in [6.45, 7) is 1.97. The average Bonchev–Trinajstić information content (AvgIpc) is 3.14. The molecule has 0 aliphatic carbocycles. The first kappa shape index (κ1) is 15.0. The van der Waals surface area contributed by atoms with E-state index in [0.29, 0.717) is 11.7 Å². The van der Waals surface area contributed by atoms with Gasteiger partial charge in [-0.25, -0.2) is 0 Å². The minimum absolute atomic E-state index is 0.192. The second kappa shape index (κ2) is 6.93. The van der Waals surface area contributed by atoms with Crippen LogP contribution in [0.3, 0.4) is 0 Å². The number of rotatable bonds is 4. The first-order chi connectivity index (χ1) is 11.9. The summed E-state index contributed by atoms with van der Waals surface area (Å²) in [4.78, 5) is 11.2. The number of hydrogen-bond donors (Lipinski definition) is 0. The normalized spacial score (nSPS) is 18.6. The average molecular weight is 320 g/mol. The van der Waals surface area contributed by atoms with E-state index in [9.17, 15) is 0 Å². The summed E-state index contributed by atoms with van der Waals surface area (Å²) in [5.74, 6) is 1.33. The van der Waals surface area contributed by atoms with Gasteiger partial charge in [0.1, 0.15) is 0 Å². The van der Waals surface area contributed by atoms with Crippen LogP contribution in [0.5, 0.6) is 0 Å². The van der Waals surface area contributed by atoms with E-state index in [2.05, 4.69) is 50.4 Å². The van der Waals surface area contributed by atoms with E-state index in [4.69, 9.17) is 4.52 Å². The summed E-state index contributed by atoms with van der Waals surface area (Å²) in [6.07, 6.45) is 6.97. The van der Waals surface area contributed by atoms with Crippen LogP contribution in [0, 0.1) is 0 Å². The molecule has 0 spiro atoms. The summed E-state index contributed by atoms with van der Waals surface area (Å²) in [5, 5.41) is 4.15. The van der Waals surface area contributed by atoms with Crippen LogP contribution >= 0.6 is 0 Å². The third-order valence-electron chi connectivity index (χ3n) is 4.49. The molecule has 0 saturated carbocycles. The van der Waals surface area contributed by atoms with Crippen LogP contribution < -0.4 is 0 Å². The highest BCUT2D eigenvalue weighted by Crippen LogP contribution is 2.32. The van der Waals surface area contributed by atoms with Crippen molar-refractivity contribution in [1.82, 2.24) is 20.0 Å². The van der Waals surface area contributed by atoms with Crippen molar-refractivity contribution in [2.24, 2.45) is 0 Å². The number of benzene rings is 1. The number of pyridine rings is 1. The summed E-state index contributed by atoms with van der Waals surface area (Å²) in [5.41, 5.74) is 2.20. The summed E-state index contributed by atoms with van der Waals surface area (Å²) in [6, 6.07) is 14.6. The molecule has 0 amide bonds. The molecule has 1 aliphatic heterocycles. The Balaban J connectivity index is 1.56. The van der Waals surface area contributed by atoms with Gasteiger partial charge < -0.3 is 4.52 Å². The Kier molecular flexibility index (Phi) is 4.34. The zero-order chi connectivity index (χ0) is 16.2. The number of hydrogen-bond acceptors (Lipinski definition) is 5.